The summed E-state index contributed by atoms with van der Waals surface area (Å²) >= 11 is 5.88. The molecule has 1 aromatic heterocycles. The monoisotopic (exact) mass is 354 g/mol. The van der Waals surface area contributed by atoms with E-state index in [1.807, 2.05) is 43.3 Å². The van der Waals surface area contributed by atoms with E-state index in [9.17, 15) is 5.11 Å². The number of hydrogen-bond acceptors (Lipinski definition) is 5. The van der Waals surface area contributed by atoms with E-state index < -0.39 is 6.10 Å². The van der Waals surface area contributed by atoms with Gasteiger partial charge in [-0.2, -0.15) is 4.98 Å². The van der Waals surface area contributed by atoms with E-state index >= 15 is 0 Å². The molecule has 5 nitrogen and oxygen atoms in total. The maximum atomic E-state index is 10.4. The molecule has 1 heterocycles. The Morgan fingerprint density at radius 2 is 1.84 bits per heavy atom. The van der Waals surface area contributed by atoms with Crippen LogP contribution in [0.5, 0.6) is 0 Å². The van der Waals surface area contributed by atoms with E-state index in [-0.39, 0.29) is 0 Å². The maximum Gasteiger partial charge on any atom is 0.229 e. The highest BCUT2D eigenvalue weighted by molar-refractivity contribution is 6.30. The Morgan fingerprint density at radius 1 is 1.08 bits per heavy atom. The van der Waals surface area contributed by atoms with Gasteiger partial charge in [0.05, 0.1) is 6.10 Å². The summed E-state index contributed by atoms with van der Waals surface area (Å²) in [4.78, 5) is 8.60. The molecule has 0 aliphatic rings. The van der Waals surface area contributed by atoms with Crippen molar-refractivity contribution in [2.45, 2.75) is 13.0 Å². The van der Waals surface area contributed by atoms with Gasteiger partial charge in [-0.25, -0.2) is 4.98 Å². The van der Waals surface area contributed by atoms with E-state index in [4.69, 9.17) is 11.6 Å². The molecule has 3 aromatic rings. The zero-order valence-corrected chi connectivity index (χ0v) is 14.5. The highest BCUT2D eigenvalue weighted by atomic mass is 35.5. The number of halogens is 1. The number of aliphatic hydroxyl groups excluding tert-OH is 1. The van der Waals surface area contributed by atoms with Crippen molar-refractivity contribution >= 4 is 29.1 Å². The summed E-state index contributed by atoms with van der Waals surface area (Å²) in [6.45, 7) is 2.35. The molecule has 1 unspecified atom stereocenters. The van der Waals surface area contributed by atoms with Gasteiger partial charge in [0.1, 0.15) is 5.82 Å². The Bertz CT molecular complexity index is 839. The van der Waals surface area contributed by atoms with E-state index in [1.165, 1.54) is 0 Å². The lowest BCUT2D eigenvalue weighted by Crippen LogP contribution is -2.14. The molecule has 3 rings (SSSR count). The summed E-state index contributed by atoms with van der Waals surface area (Å²) in [5.41, 5.74) is 2.81. The van der Waals surface area contributed by atoms with Gasteiger partial charge in [-0.1, -0.05) is 35.9 Å². The Hall–Kier alpha value is -2.63. The number of hydrogen-bond donors (Lipinski definition) is 3. The largest absolute Gasteiger partial charge is 0.387 e. The molecule has 6 heteroatoms. The first-order valence-electron chi connectivity index (χ1n) is 7.95. The van der Waals surface area contributed by atoms with Gasteiger partial charge < -0.3 is 15.7 Å². The van der Waals surface area contributed by atoms with E-state index in [0.29, 0.717) is 23.3 Å². The minimum absolute atomic E-state index is 0.363. The first kappa shape index (κ1) is 17.2. The van der Waals surface area contributed by atoms with Gasteiger partial charge in [-0.3, -0.25) is 0 Å². The molecule has 128 valence electrons. The number of nitrogens with zero attached hydrogens (tertiary/aromatic N) is 2. The molecule has 0 amide bonds. The Morgan fingerprint density at radius 3 is 2.60 bits per heavy atom. The number of nitrogens with one attached hydrogen (secondary N) is 2. The van der Waals surface area contributed by atoms with E-state index in [1.54, 1.807) is 24.4 Å². The molecular formula is C19H19ClN4O. The molecule has 0 aliphatic heterocycles. The lowest BCUT2D eigenvalue weighted by atomic mass is 10.0. The van der Waals surface area contributed by atoms with Crippen molar-refractivity contribution in [3.63, 3.8) is 0 Å². The molecule has 0 aliphatic carbocycles. The summed E-state index contributed by atoms with van der Waals surface area (Å²) in [6, 6.07) is 16.9. The normalized spacial score (nSPS) is 11.8. The molecule has 1 atom stereocenters. The smallest absolute Gasteiger partial charge is 0.229 e. The first-order valence-corrected chi connectivity index (χ1v) is 8.33. The lowest BCUT2D eigenvalue weighted by Gasteiger charge is -2.15. The van der Waals surface area contributed by atoms with Crippen molar-refractivity contribution in [3.8, 4) is 0 Å². The van der Waals surface area contributed by atoms with Crippen molar-refractivity contribution in [2.75, 3.05) is 17.2 Å². The van der Waals surface area contributed by atoms with Crippen LogP contribution in [-0.4, -0.2) is 21.6 Å². The number of aryl methyl sites for hydroxylation is 1. The second-order valence-corrected chi connectivity index (χ2v) is 6.09. The zero-order valence-electron chi connectivity index (χ0n) is 13.8. The van der Waals surface area contributed by atoms with Crippen molar-refractivity contribution in [2.24, 2.45) is 0 Å². The van der Waals surface area contributed by atoms with Crippen LogP contribution in [0.15, 0.2) is 60.8 Å². The minimum Gasteiger partial charge on any atom is -0.387 e. The fourth-order valence-electron chi connectivity index (χ4n) is 2.45. The van der Waals surface area contributed by atoms with Crippen LogP contribution in [0.25, 0.3) is 0 Å². The number of benzene rings is 2. The minimum atomic E-state index is -0.608. The highest BCUT2D eigenvalue weighted by Gasteiger charge is 2.10. The van der Waals surface area contributed by atoms with Crippen LogP contribution in [0.3, 0.4) is 0 Å². The molecule has 3 N–H and O–H groups in total. The summed E-state index contributed by atoms with van der Waals surface area (Å²) in [5.74, 6) is 1.11. The maximum absolute atomic E-state index is 10.4. The summed E-state index contributed by atoms with van der Waals surface area (Å²) in [7, 11) is 0. The van der Waals surface area contributed by atoms with E-state index in [2.05, 4.69) is 20.6 Å². The number of aromatic nitrogens is 2. The van der Waals surface area contributed by atoms with Crippen LogP contribution < -0.4 is 10.6 Å². The zero-order chi connectivity index (χ0) is 17.6. The quantitative estimate of drug-likeness (QED) is 0.614. The Labute approximate surface area is 151 Å². The first-order chi connectivity index (χ1) is 12.1. The van der Waals surface area contributed by atoms with Crippen molar-refractivity contribution in [1.82, 2.24) is 9.97 Å². The highest BCUT2D eigenvalue weighted by Crippen LogP contribution is 2.19. The van der Waals surface area contributed by atoms with Crippen molar-refractivity contribution in [3.05, 3.63) is 76.9 Å². The predicted octanol–water partition coefficient (Wildman–Crippen LogP) is 4.33. The molecule has 0 fully saturated rings. The molecule has 0 radical (unpaired) electrons. The third-order valence-corrected chi connectivity index (χ3v) is 4.03. The number of aliphatic hydroxyl groups is 1. The fourth-order valence-corrected chi connectivity index (χ4v) is 2.58. The van der Waals surface area contributed by atoms with Gasteiger partial charge in [0.15, 0.2) is 0 Å². The van der Waals surface area contributed by atoms with E-state index in [0.717, 1.165) is 16.8 Å². The fraction of sp³-hybridized carbons (Fsp3) is 0.158. The Balaban J connectivity index is 1.63. The average Bonchev–Trinajstić information content (AvgIpc) is 2.62. The summed E-state index contributed by atoms with van der Waals surface area (Å²) in [6.07, 6.45) is 1.05. The van der Waals surface area contributed by atoms with Crippen molar-refractivity contribution in [1.29, 1.82) is 0 Å². The van der Waals surface area contributed by atoms with Gasteiger partial charge in [-0.05, 0) is 48.4 Å². The van der Waals surface area contributed by atoms with Crippen LogP contribution in [0, 0.1) is 6.92 Å². The van der Waals surface area contributed by atoms with Gasteiger partial charge in [-0.15, -0.1) is 0 Å². The predicted molar refractivity (Wildman–Crippen MR) is 101 cm³/mol. The summed E-state index contributed by atoms with van der Waals surface area (Å²) < 4.78 is 0. The molecule has 2 aromatic carbocycles. The molecule has 0 saturated heterocycles. The Kier molecular flexibility index (Phi) is 5.48. The van der Waals surface area contributed by atoms with Crippen LogP contribution in [-0.2, 0) is 0 Å². The second-order valence-electron chi connectivity index (χ2n) is 5.65. The van der Waals surface area contributed by atoms with Gasteiger partial charge in [0.25, 0.3) is 0 Å². The molecule has 25 heavy (non-hydrogen) atoms. The topological polar surface area (TPSA) is 70.1 Å². The number of rotatable bonds is 6. The summed E-state index contributed by atoms with van der Waals surface area (Å²) in [5, 5.41) is 17.3. The van der Waals surface area contributed by atoms with Crippen LogP contribution in [0.4, 0.5) is 17.5 Å². The van der Waals surface area contributed by atoms with Crippen LogP contribution >= 0.6 is 11.6 Å². The SMILES string of the molecule is Cc1ccccc1C(O)CNc1ccnc(Nc2ccc(Cl)cc2)n1. The second kappa shape index (κ2) is 7.96. The molecule has 0 saturated carbocycles. The average molecular weight is 355 g/mol. The third-order valence-electron chi connectivity index (χ3n) is 3.78. The molecule has 0 spiro atoms. The van der Waals surface area contributed by atoms with Crippen LogP contribution in [0.1, 0.15) is 17.2 Å². The third kappa shape index (κ3) is 4.68. The van der Waals surface area contributed by atoms with Crippen LogP contribution in [0.2, 0.25) is 5.02 Å². The van der Waals surface area contributed by atoms with Crippen molar-refractivity contribution < 1.29 is 5.11 Å². The molecular weight excluding hydrogens is 336 g/mol. The standard InChI is InChI=1S/C19H19ClN4O/c1-13-4-2-3-5-16(13)17(25)12-22-18-10-11-21-19(24-18)23-15-8-6-14(20)7-9-15/h2-11,17,25H,12H2,1H3,(H2,21,22,23,24). The lowest BCUT2D eigenvalue weighted by molar-refractivity contribution is 0.191. The number of anilines is 3. The van der Waals surface area contributed by atoms with Gasteiger partial charge >= 0.3 is 0 Å². The molecule has 0 bridgehead atoms. The van der Waals surface area contributed by atoms with Gasteiger partial charge in [0, 0.05) is 23.5 Å². The van der Waals surface area contributed by atoms with Gasteiger partial charge in [0.2, 0.25) is 5.95 Å².